The molecule has 0 amide bonds. The quantitative estimate of drug-likeness (QED) is 0.712. The fourth-order valence-corrected chi connectivity index (χ4v) is 3.37. The highest BCUT2D eigenvalue weighted by Crippen LogP contribution is 2.23. The van der Waals surface area contributed by atoms with Gasteiger partial charge in [0.2, 0.25) is 10.0 Å². The summed E-state index contributed by atoms with van der Waals surface area (Å²) in [6.45, 7) is 3.44. The van der Waals surface area contributed by atoms with Crippen molar-refractivity contribution in [3.63, 3.8) is 0 Å². The number of halogens is 1. The lowest BCUT2D eigenvalue weighted by atomic mass is 9.79. The van der Waals surface area contributed by atoms with E-state index in [1.165, 1.54) is 36.4 Å². The van der Waals surface area contributed by atoms with Crippen molar-refractivity contribution >= 4 is 22.6 Å². The highest BCUT2D eigenvalue weighted by Gasteiger charge is 2.17. The van der Waals surface area contributed by atoms with E-state index in [-0.39, 0.29) is 23.4 Å². The van der Waals surface area contributed by atoms with Crippen LogP contribution in [0.3, 0.4) is 0 Å². The first-order valence-electron chi connectivity index (χ1n) is 6.99. The van der Waals surface area contributed by atoms with Gasteiger partial charge in [-0.05, 0) is 43.1 Å². The van der Waals surface area contributed by atoms with Crippen LogP contribution in [0.25, 0.3) is 11.1 Å². The lowest BCUT2D eigenvalue weighted by molar-refractivity contribution is 0.425. The molecule has 0 spiro atoms. The van der Waals surface area contributed by atoms with Gasteiger partial charge >= 0.3 is 7.12 Å². The summed E-state index contributed by atoms with van der Waals surface area (Å²) in [7, 11) is -5.34. The second kappa shape index (κ2) is 6.80. The average Bonchev–Trinajstić information content (AvgIpc) is 2.46. The lowest BCUT2D eigenvalue weighted by Gasteiger charge is -2.11. The third-order valence-corrected chi connectivity index (χ3v) is 4.83. The molecule has 0 saturated carbocycles. The number of hydrogen-bond acceptors (Lipinski definition) is 4. The smallest absolute Gasteiger partial charge is 0.423 e. The van der Waals surface area contributed by atoms with E-state index >= 15 is 0 Å². The molecule has 0 radical (unpaired) electrons. The summed E-state index contributed by atoms with van der Waals surface area (Å²) in [5.74, 6) is -0.619. The van der Waals surface area contributed by atoms with E-state index in [0.29, 0.717) is 5.56 Å². The Hall–Kier alpha value is -1.74. The van der Waals surface area contributed by atoms with E-state index in [1.54, 1.807) is 13.8 Å². The van der Waals surface area contributed by atoms with Gasteiger partial charge in [0.25, 0.3) is 0 Å². The van der Waals surface area contributed by atoms with Crippen molar-refractivity contribution in [1.82, 2.24) is 4.72 Å². The van der Waals surface area contributed by atoms with Crippen molar-refractivity contribution in [3.05, 3.63) is 48.3 Å². The molecule has 2 aromatic rings. The van der Waals surface area contributed by atoms with Gasteiger partial charge in [-0.3, -0.25) is 0 Å². The van der Waals surface area contributed by atoms with Gasteiger partial charge in [0, 0.05) is 13.0 Å². The van der Waals surface area contributed by atoms with Crippen LogP contribution >= 0.6 is 0 Å². The van der Waals surface area contributed by atoms with Gasteiger partial charge in [0.05, 0.1) is 4.90 Å². The molecule has 0 heterocycles. The molecule has 0 aliphatic carbocycles. The molecule has 23 heavy (non-hydrogen) atoms. The Balaban J connectivity index is 0.00000288. The number of nitrogens with one attached hydrogen (secondary N) is 1. The van der Waals surface area contributed by atoms with Crippen LogP contribution in [0.4, 0.5) is 4.39 Å². The zero-order chi connectivity index (χ0) is 17.2. The molecule has 2 rings (SSSR count). The van der Waals surface area contributed by atoms with Crippen molar-refractivity contribution in [2.45, 2.75) is 24.8 Å². The third-order valence-electron chi connectivity index (χ3n) is 3.16. The van der Waals surface area contributed by atoms with Crippen LogP contribution in [0.1, 0.15) is 15.3 Å². The van der Waals surface area contributed by atoms with Crippen LogP contribution < -0.4 is 10.2 Å². The Morgan fingerprint density at radius 2 is 1.74 bits per heavy atom. The minimum absolute atomic E-state index is 0. The van der Waals surface area contributed by atoms with Crippen LogP contribution in [-0.4, -0.2) is 31.6 Å². The lowest BCUT2D eigenvalue weighted by Crippen LogP contribution is -2.30. The molecular weight excluding hydrogens is 320 g/mol. The van der Waals surface area contributed by atoms with Gasteiger partial charge in [0.15, 0.2) is 0 Å². The largest absolute Gasteiger partial charge is 0.488 e. The van der Waals surface area contributed by atoms with Crippen LogP contribution in [0.5, 0.6) is 0 Å². The molecule has 124 valence electrons. The van der Waals surface area contributed by atoms with E-state index in [9.17, 15) is 12.8 Å². The summed E-state index contributed by atoms with van der Waals surface area (Å²) in [4.78, 5) is 0.0951. The zero-order valence-corrected chi connectivity index (χ0v) is 13.5. The predicted molar refractivity (Wildman–Crippen MR) is 89.2 cm³/mol. The highest BCUT2D eigenvalue weighted by molar-refractivity contribution is 7.89. The minimum atomic E-state index is -3.60. The molecule has 2 aromatic carbocycles. The molecule has 0 unspecified atom stereocenters. The van der Waals surface area contributed by atoms with E-state index < -0.39 is 23.0 Å². The topological polar surface area (TPSA) is 86.6 Å². The van der Waals surface area contributed by atoms with Gasteiger partial charge in [-0.15, -0.1) is 0 Å². The van der Waals surface area contributed by atoms with E-state index in [4.69, 9.17) is 10.0 Å². The molecule has 0 fully saturated rings. The van der Waals surface area contributed by atoms with Gasteiger partial charge in [-0.1, -0.05) is 24.3 Å². The summed E-state index contributed by atoms with van der Waals surface area (Å²) >= 11 is 0. The summed E-state index contributed by atoms with van der Waals surface area (Å²) in [5.41, 5.74) is 0.784. The number of hydrogen-bond donors (Lipinski definition) is 3. The van der Waals surface area contributed by atoms with Gasteiger partial charge in [-0.25, -0.2) is 17.5 Å². The molecule has 0 bridgehead atoms. The van der Waals surface area contributed by atoms with Gasteiger partial charge < -0.3 is 10.0 Å². The maximum Gasteiger partial charge on any atom is 0.488 e. The number of sulfonamides is 1. The first-order valence-corrected chi connectivity index (χ1v) is 8.47. The Morgan fingerprint density at radius 1 is 1.13 bits per heavy atom. The Morgan fingerprint density at radius 3 is 2.22 bits per heavy atom. The molecular formula is C15H19BFNO4S. The normalized spacial score (nSPS) is 11.7. The summed E-state index contributed by atoms with van der Waals surface area (Å²) in [5, 5.41) is 18.0. The van der Waals surface area contributed by atoms with Gasteiger partial charge in [-0.2, -0.15) is 0 Å². The monoisotopic (exact) mass is 339 g/mol. The van der Waals surface area contributed by atoms with Crippen molar-refractivity contribution in [3.8, 4) is 11.1 Å². The summed E-state index contributed by atoms with van der Waals surface area (Å²) in [6, 6.07) is 9.42. The summed E-state index contributed by atoms with van der Waals surface area (Å²) in [6.07, 6.45) is 0. The molecule has 8 heteroatoms. The first kappa shape index (κ1) is 17.6. The predicted octanol–water partition coefficient (Wildman–Crippen LogP) is 1.11. The molecule has 5 nitrogen and oxygen atoms in total. The molecule has 0 aliphatic heterocycles. The second-order valence-corrected chi connectivity index (χ2v) is 7.13. The maximum atomic E-state index is 14.0. The molecule has 0 aromatic heterocycles. The minimum Gasteiger partial charge on any atom is -0.423 e. The maximum absolute atomic E-state index is 14.0. The van der Waals surface area contributed by atoms with E-state index in [0.717, 1.165) is 6.07 Å². The Labute approximate surface area is 136 Å². The van der Waals surface area contributed by atoms with Crippen LogP contribution in [-0.2, 0) is 10.0 Å². The van der Waals surface area contributed by atoms with Gasteiger partial charge in [0.1, 0.15) is 5.82 Å². The summed E-state index contributed by atoms with van der Waals surface area (Å²) < 4.78 is 40.6. The van der Waals surface area contributed by atoms with E-state index in [1.807, 2.05) is 0 Å². The average molecular weight is 339 g/mol. The Kier molecular flexibility index (Phi) is 5.21. The number of benzene rings is 2. The van der Waals surface area contributed by atoms with Crippen molar-refractivity contribution in [1.29, 1.82) is 0 Å². The molecule has 0 aliphatic rings. The van der Waals surface area contributed by atoms with Crippen molar-refractivity contribution in [2.75, 3.05) is 0 Å². The SMILES string of the molecule is CC(C)NS(=O)(=O)c1ccc(-c2ccc(B(O)O)cc2F)cc1.[HH]. The fraction of sp³-hybridized carbons (Fsp3) is 0.200. The van der Waals surface area contributed by atoms with E-state index in [2.05, 4.69) is 4.72 Å². The van der Waals surface area contributed by atoms with Crippen LogP contribution in [0.15, 0.2) is 47.4 Å². The highest BCUT2D eigenvalue weighted by atomic mass is 32.2. The van der Waals surface area contributed by atoms with Crippen LogP contribution in [0.2, 0.25) is 0 Å². The molecule has 3 N–H and O–H groups in total. The van der Waals surface area contributed by atoms with Crippen molar-refractivity contribution in [2.24, 2.45) is 0 Å². The molecule has 0 atom stereocenters. The number of rotatable bonds is 5. The van der Waals surface area contributed by atoms with Crippen LogP contribution in [0, 0.1) is 5.82 Å². The fourth-order valence-electron chi connectivity index (χ4n) is 2.12. The second-order valence-electron chi connectivity index (χ2n) is 5.41. The Bertz CT molecular complexity index is 798. The first-order chi connectivity index (χ1) is 10.7. The standard InChI is InChI=1S/C15H17BFNO4S.H2/c1-10(2)18-23(21,22)13-6-3-11(4-7-13)14-8-5-12(16(19)20)9-15(14)17;/h3-10,18-20H,1-2H3;1H. The van der Waals surface area contributed by atoms with Crippen molar-refractivity contribution < 1.29 is 24.3 Å². The molecule has 0 saturated heterocycles. The zero-order valence-electron chi connectivity index (χ0n) is 12.7. The third kappa shape index (κ3) is 4.17.